The molecular weight excluding hydrogens is 458 g/mol. The van der Waals surface area contributed by atoms with E-state index in [1.54, 1.807) is 47.4 Å². The lowest BCUT2D eigenvalue weighted by molar-refractivity contribution is -0.116. The van der Waals surface area contributed by atoms with Gasteiger partial charge in [0.2, 0.25) is 15.9 Å². The molecule has 2 aliphatic rings. The number of likely N-dealkylation sites (tertiary alicyclic amines) is 1. The Labute approximate surface area is 199 Å². The smallest absolute Gasteiger partial charge is 0.255 e. The SMILES string of the molecule is C[C@@H](C(=O)Nc1ccccc1C(=O)N1CCCCC1)N(c1ccc2c(c1)OCCO2)S(C)(=O)=O. The van der Waals surface area contributed by atoms with Crippen LogP contribution in [0.4, 0.5) is 11.4 Å². The number of sulfonamides is 1. The van der Waals surface area contributed by atoms with Crippen LogP contribution in [0, 0.1) is 0 Å². The molecule has 2 aromatic rings. The number of hydrogen-bond acceptors (Lipinski definition) is 6. The Morgan fingerprint density at radius 2 is 1.68 bits per heavy atom. The van der Waals surface area contributed by atoms with Crippen molar-refractivity contribution in [3.8, 4) is 11.5 Å². The second-order valence-corrected chi connectivity index (χ2v) is 10.3. The van der Waals surface area contributed by atoms with Crippen molar-refractivity contribution < 1.29 is 27.5 Å². The van der Waals surface area contributed by atoms with Gasteiger partial charge in [-0.3, -0.25) is 13.9 Å². The van der Waals surface area contributed by atoms with Crippen LogP contribution in [0.15, 0.2) is 42.5 Å². The molecular formula is C24H29N3O6S. The van der Waals surface area contributed by atoms with Gasteiger partial charge in [-0.15, -0.1) is 0 Å². The van der Waals surface area contributed by atoms with Crippen LogP contribution >= 0.6 is 0 Å². The number of para-hydroxylation sites is 1. The Hall–Kier alpha value is -3.27. The maximum Gasteiger partial charge on any atom is 0.255 e. The van der Waals surface area contributed by atoms with E-state index in [9.17, 15) is 18.0 Å². The van der Waals surface area contributed by atoms with E-state index in [-0.39, 0.29) is 11.6 Å². The second-order valence-electron chi connectivity index (χ2n) is 8.45. The van der Waals surface area contributed by atoms with Crippen LogP contribution < -0.4 is 19.1 Å². The molecule has 1 saturated heterocycles. The summed E-state index contributed by atoms with van der Waals surface area (Å²) in [6.07, 6.45) is 4.05. The molecule has 0 bridgehead atoms. The Balaban J connectivity index is 1.58. The van der Waals surface area contributed by atoms with Gasteiger partial charge in [-0.25, -0.2) is 8.42 Å². The highest BCUT2D eigenvalue weighted by Gasteiger charge is 2.31. The Morgan fingerprint density at radius 1 is 1.00 bits per heavy atom. The predicted octanol–water partition coefficient (Wildman–Crippen LogP) is 2.88. The molecule has 4 rings (SSSR count). The molecule has 9 nitrogen and oxygen atoms in total. The van der Waals surface area contributed by atoms with Crippen LogP contribution in [-0.2, 0) is 14.8 Å². The molecule has 10 heteroatoms. The summed E-state index contributed by atoms with van der Waals surface area (Å²) in [5, 5.41) is 2.77. The van der Waals surface area contributed by atoms with Gasteiger partial charge in [0.25, 0.3) is 5.91 Å². The van der Waals surface area contributed by atoms with Gasteiger partial charge in [0, 0.05) is 19.2 Å². The van der Waals surface area contributed by atoms with E-state index in [1.165, 1.54) is 6.92 Å². The van der Waals surface area contributed by atoms with Crippen molar-refractivity contribution in [2.75, 3.05) is 42.2 Å². The minimum absolute atomic E-state index is 0.143. The molecule has 1 N–H and O–H groups in total. The first-order valence-electron chi connectivity index (χ1n) is 11.3. The van der Waals surface area contributed by atoms with Gasteiger partial charge >= 0.3 is 0 Å². The minimum atomic E-state index is -3.82. The fraction of sp³-hybridized carbons (Fsp3) is 0.417. The lowest BCUT2D eigenvalue weighted by Crippen LogP contribution is -2.45. The molecule has 0 aromatic heterocycles. The summed E-state index contributed by atoms with van der Waals surface area (Å²) in [5.41, 5.74) is 1.02. The maximum absolute atomic E-state index is 13.2. The zero-order chi connectivity index (χ0) is 24.3. The number of carbonyl (C=O) groups is 2. The summed E-state index contributed by atoms with van der Waals surface area (Å²) in [7, 11) is -3.82. The normalized spacial score (nSPS) is 16.5. The van der Waals surface area contributed by atoms with Gasteiger partial charge in [-0.1, -0.05) is 12.1 Å². The summed E-state index contributed by atoms with van der Waals surface area (Å²) in [6.45, 7) is 3.64. The van der Waals surface area contributed by atoms with Crippen molar-refractivity contribution in [2.45, 2.75) is 32.2 Å². The molecule has 182 valence electrons. The van der Waals surface area contributed by atoms with Crippen molar-refractivity contribution in [3.63, 3.8) is 0 Å². The summed E-state index contributed by atoms with van der Waals surface area (Å²) < 4.78 is 37.5. The average molecular weight is 488 g/mol. The van der Waals surface area contributed by atoms with Crippen molar-refractivity contribution in [1.82, 2.24) is 4.90 Å². The van der Waals surface area contributed by atoms with E-state index < -0.39 is 22.0 Å². The van der Waals surface area contributed by atoms with E-state index in [2.05, 4.69) is 5.32 Å². The molecule has 2 heterocycles. The molecule has 0 unspecified atom stereocenters. The third-order valence-electron chi connectivity index (χ3n) is 5.93. The van der Waals surface area contributed by atoms with Gasteiger partial charge in [-0.2, -0.15) is 0 Å². The first kappa shape index (κ1) is 23.9. The van der Waals surface area contributed by atoms with Crippen LogP contribution in [0.25, 0.3) is 0 Å². The molecule has 1 fully saturated rings. The van der Waals surface area contributed by atoms with E-state index >= 15 is 0 Å². The number of benzene rings is 2. The van der Waals surface area contributed by atoms with Gasteiger partial charge in [0.1, 0.15) is 19.3 Å². The highest BCUT2D eigenvalue weighted by atomic mass is 32.2. The number of anilines is 2. The summed E-state index contributed by atoms with van der Waals surface area (Å²) in [5.74, 6) is 0.238. The van der Waals surface area contributed by atoms with E-state index in [0.29, 0.717) is 49.1 Å². The lowest BCUT2D eigenvalue weighted by atomic mass is 10.1. The third-order valence-corrected chi connectivity index (χ3v) is 7.17. The average Bonchev–Trinajstić information content (AvgIpc) is 2.83. The first-order chi connectivity index (χ1) is 16.3. The number of rotatable bonds is 6. The molecule has 2 aromatic carbocycles. The maximum atomic E-state index is 13.2. The van der Waals surface area contributed by atoms with Crippen LogP contribution in [-0.4, -0.2) is 63.7 Å². The van der Waals surface area contributed by atoms with Gasteiger partial charge in [-0.05, 0) is 50.5 Å². The number of nitrogens with zero attached hydrogens (tertiary/aromatic N) is 2. The largest absolute Gasteiger partial charge is 0.486 e. The molecule has 0 aliphatic carbocycles. The Bertz CT molecular complexity index is 1180. The fourth-order valence-corrected chi connectivity index (χ4v) is 5.43. The Kier molecular flexibility index (Phi) is 6.97. The van der Waals surface area contributed by atoms with E-state index in [0.717, 1.165) is 29.8 Å². The van der Waals surface area contributed by atoms with E-state index in [4.69, 9.17) is 9.47 Å². The summed E-state index contributed by atoms with van der Waals surface area (Å²) >= 11 is 0. The number of hydrogen-bond donors (Lipinski definition) is 1. The fourth-order valence-electron chi connectivity index (χ4n) is 4.26. The lowest BCUT2D eigenvalue weighted by Gasteiger charge is -2.30. The Morgan fingerprint density at radius 3 is 2.38 bits per heavy atom. The second kappa shape index (κ2) is 9.92. The van der Waals surface area contributed by atoms with Gasteiger partial charge in [0.15, 0.2) is 11.5 Å². The van der Waals surface area contributed by atoms with Gasteiger partial charge in [0.05, 0.1) is 23.2 Å². The quantitative estimate of drug-likeness (QED) is 0.672. The van der Waals surface area contributed by atoms with Crippen LogP contribution in [0.3, 0.4) is 0 Å². The molecule has 0 saturated carbocycles. The number of ether oxygens (including phenoxy) is 2. The van der Waals surface area contributed by atoms with Crippen LogP contribution in [0.2, 0.25) is 0 Å². The number of piperidine rings is 1. The zero-order valence-electron chi connectivity index (χ0n) is 19.3. The van der Waals surface area contributed by atoms with Crippen molar-refractivity contribution in [1.29, 1.82) is 0 Å². The van der Waals surface area contributed by atoms with Crippen LogP contribution in [0.5, 0.6) is 11.5 Å². The highest BCUT2D eigenvalue weighted by Crippen LogP contribution is 2.35. The molecule has 0 radical (unpaired) electrons. The number of carbonyl (C=O) groups excluding carboxylic acids is 2. The standard InChI is InChI=1S/C24H29N3O6S/c1-17(27(34(2,30)31)18-10-11-21-22(16-18)33-15-14-32-21)23(28)25-20-9-5-4-8-19(20)24(29)26-12-6-3-7-13-26/h4-5,8-11,16-17H,3,6-7,12-15H2,1-2H3,(H,25,28)/t17-/m0/s1. The van der Waals surface area contributed by atoms with Crippen molar-refractivity contribution >= 4 is 33.2 Å². The zero-order valence-corrected chi connectivity index (χ0v) is 20.1. The van der Waals surface area contributed by atoms with Crippen molar-refractivity contribution in [2.24, 2.45) is 0 Å². The summed E-state index contributed by atoms with van der Waals surface area (Å²) in [6, 6.07) is 10.5. The number of amides is 2. The third kappa shape index (κ3) is 5.11. The number of nitrogens with one attached hydrogen (secondary N) is 1. The molecule has 0 spiro atoms. The van der Waals surface area contributed by atoms with Gasteiger partial charge < -0.3 is 19.7 Å². The first-order valence-corrected chi connectivity index (χ1v) is 13.2. The molecule has 1 atom stereocenters. The predicted molar refractivity (Wildman–Crippen MR) is 129 cm³/mol. The van der Waals surface area contributed by atoms with E-state index in [1.807, 2.05) is 0 Å². The summed E-state index contributed by atoms with van der Waals surface area (Å²) in [4.78, 5) is 28.1. The highest BCUT2D eigenvalue weighted by molar-refractivity contribution is 7.92. The van der Waals surface area contributed by atoms with Crippen LogP contribution in [0.1, 0.15) is 36.5 Å². The molecule has 2 amide bonds. The minimum Gasteiger partial charge on any atom is -0.486 e. The van der Waals surface area contributed by atoms with Crippen molar-refractivity contribution in [3.05, 3.63) is 48.0 Å². The monoisotopic (exact) mass is 487 g/mol. The topological polar surface area (TPSA) is 105 Å². The molecule has 2 aliphatic heterocycles. The number of fused-ring (bicyclic) bond motifs is 1. The molecule has 34 heavy (non-hydrogen) atoms.